The van der Waals surface area contributed by atoms with Crippen molar-refractivity contribution in [3.8, 4) is 23.2 Å². The van der Waals surface area contributed by atoms with Gasteiger partial charge in [-0.3, -0.25) is 14.0 Å². The quantitative estimate of drug-likeness (QED) is 0.170. The van der Waals surface area contributed by atoms with Gasteiger partial charge in [0, 0.05) is 41.4 Å². The van der Waals surface area contributed by atoms with Crippen LogP contribution in [0.4, 0.5) is 9.18 Å². The SMILES string of the molecule is CC[C@H]1OC(=O)[C@](C)(F)C(=O)[C@H](C)[C@@H](O[C@@H]2O[C@H](C)C[C@H](N(C)C)[C@H]2O)[C@](C)(OCC#Cc2cc(-c3c(Cl)nc4sccn34)no2)C[C@@H](C)C(=O)[C@H](C)[C@H]2NC(=O)N[C@@]21C. The van der Waals surface area contributed by atoms with E-state index in [1.165, 1.54) is 18.3 Å². The van der Waals surface area contributed by atoms with Gasteiger partial charge in [-0.1, -0.05) is 50.4 Å². The number of urea groups is 1. The van der Waals surface area contributed by atoms with Gasteiger partial charge in [0.2, 0.25) is 5.76 Å². The number of likely N-dealkylation sites (N-methyl/N-ethyl adjacent to an activating group) is 1. The number of esters is 1. The number of Topliss-reactive ketones (excluding diaryl/α,β-unsaturated/α-hetero) is 2. The van der Waals surface area contributed by atoms with Gasteiger partial charge in [-0.25, -0.2) is 19.0 Å². The van der Waals surface area contributed by atoms with Crippen LogP contribution in [0.25, 0.3) is 16.3 Å². The maximum absolute atomic E-state index is 16.9. The molecule has 3 aliphatic rings. The number of rotatable bonds is 7. The van der Waals surface area contributed by atoms with E-state index in [-0.39, 0.29) is 36.1 Å². The summed E-state index contributed by atoms with van der Waals surface area (Å²) in [5.74, 6) is -0.0885. The van der Waals surface area contributed by atoms with Gasteiger partial charge in [0.1, 0.15) is 36.0 Å². The number of carbonyl (C=O) groups is 4. The summed E-state index contributed by atoms with van der Waals surface area (Å²) in [5.41, 5.74) is -5.28. The molecule has 0 aliphatic carbocycles. The lowest BCUT2D eigenvalue weighted by molar-refractivity contribution is -0.296. The van der Waals surface area contributed by atoms with E-state index in [2.05, 4.69) is 32.6 Å². The van der Waals surface area contributed by atoms with Crippen LogP contribution < -0.4 is 10.6 Å². The van der Waals surface area contributed by atoms with Crippen LogP contribution in [-0.2, 0) is 33.3 Å². The fourth-order valence-corrected chi connectivity index (χ4v) is 10.1. The van der Waals surface area contributed by atoms with Crippen molar-refractivity contribution in [3.63, 3.8) is 0 Å². The van der Waals surface area contributed by atoms with Crippen LogP contribution in [0.2, 0.25) is 5.15 Å². The first kappa shape index (κ1) is 45.6. The molecule has 0 aromatic carbocycles. The van der Waals surface area contributed by atoms with E-state index in [1.807, 2.05) is 17.2 Å². The lowest BCUT2D eigenvalue weighted by atomic mass is 9.72. The Bertz CT molecular complexity index is 2170. The number of cyclic esters (lactones) is 1. The zero-order valence-corrected chi connectivity index (χ0v) is 37.0. The molecule has 60 heavy (non-hydrogen) atoms. The number of hydrogen-bond acceptors (Lipinski definition) is 14. The van der Waals surface area contributed by atoms with Gasteiger partial charge in [-0.15, -0.1) is 11.3 Å². The monoisotopic (exact) mass is 876 g/mol. The van der Waals surface area contributed by atoms with Crippen molar-refractivity contribution in [2.24, 2.45) is 17.8 Å². The Morgan fingerprint density at radius 3 is 2.55 bits per heavy atom. The van der Waals surface area contributed by atoms with Gasteiger partial charge < -0.3 is 44.1 Å². The standard InChI is InChI=1S/C41H54ClFN6O10S/c1-11-27-41(8)31(44-37(54)46-41)22(4)29(50)20(2)19-39(6,55-15-12-13-24-18-25(47-59-24)28-34(42)45-38-49(28)14-16-60-38)33(23(5)32(52)40(7,43)36(53)57-27)58-35-30(51)26(48(9)10)17-21(3)56-35/h14,16,18,20-23,26-27,30-31,33,35,51H,11,15,17,19H2,1-10H3,(H2,44,46,54)/t20-,21-,22+,23+,26+,27-,30-,31-,33-,35+,39-,40-,41-/m1/s1. The highest BCUT2D eigenvalue weighted by molar-refractivity contribution is 7.15. The predicted octanol–water partition coefficient (Wildman–Crippen LogP) is 4.58. The first-order valence-electron chi connectivity index (χ1n) is 20.1. The summed E-state index contributed by atoms with van der Waals surface area (Å²) in [4.78, 5) is 62.4. The molecule has 3 fully saturated rings. The lowest BCUT2D eigenvalue weighted by Crippen LogP contribution is -2.63. The topological polar surface area (TPSA) is 196 Å². The van der Waals surface area contributed by atoms with Crippen molar-refractivity contribution in [2.75, 3.05) is 20.7 Å². The van der Waals surface area contributed by atoms with Crippen LogP contribution >= 0.6 is 22.9 Å². The third kappa shape index (κ3) is 8.59. The molecule has 0 unspecified atom stereocenters. The molecule has 0 saturated carbocycles. The first-order chi connectivity index (χ1) is 28.1. The molecule has 3 aromatic heterocycles. The van der Waals surface area contributed by atoms with E-state index in [1.54, 1.807) is 65.4 Å². The molecule has 328 valence electrons. The number of amides is 2. The fourth-order valence-electron chi connectivity index (χ4n) is 9.04. The predicted molar refractivity (Wildman–Crippen MR) is 218 cm³/mol. The number of imidazole rings is 1. The molecule has 13 atom stereocenters. The highest BCUT2D eigenvalue weighted by Gasteiger charge is 2.58. The number of nitrogens with one attached hydrogen (secondary N) is 2. The number of fused-ring (bicyclic) bond motifs is 2. The zero-order chi connectivity index (χ0) is 44.1. The average Bonchev–Trinajstić information content (AvgIpc) is 3.97. The number of aromatic nitrogens is 3. The molecular formula is C41H54ClFN6O10S. The van der Waals surface area contributed by atoms with E-state index in [0.717, 1.165) is 6.92 Å². The smallest absolute Gasteiger partial charge is 0.351 e. The Balaban J connectivity index is 1.39. The molecule has 3 aromatic rings. The van der Waals surface area contributed by atoms with Crippen molar-refractivity contribution in [1.29, 1.82) is 0 Å². The number of hydrogen-bond donors (Lipinski definition) is 3. The van der Waals surface area contributed by atoms with E-state index in [0.29, 0.717) is 22.8 Å². The average molecular weight is 877 g/mol. The number of nitrogens with zero attached hydrogens (tertiary/aromatic N) is 4. The second-order valence-corrected chi connectivity index (χ2v) is 18.3. The van der Waals surface area contributed by atoms with Crippen LogP contribution in [0.3, 0.4) is 0 Å². The molecule has 6 heterocycles. The summed E-state index contributed by atoms with van der Waals surface area (Å²) < 4.78 is 49.2. The van der Waals surface area contributed by atoms with E-state index >= 15 is 4.39 Å². The lowest BCUT2D eigenvalue weighted by Gasteiger charge is -2.47. The third-order valence-corrected chi connectivity index (χ3v) is 13.3. The first-order valence-corrected chi connectivity index (χ1v) is 21.3. The summed E-state index contributed by atoms with van der Waals surface area (Å²) in [7, 11) is 3.61. The number of ketones is 2. The summed E-state index contributed by atoms with van der Waals surface area (Å²) in [6, 6.07) is -0.303. The molecule has 0 radical (unpaired) electrons. The number of aliphatic hydroxyl groups excluding tert-OH is 1. The summed E-state index contributed by atoms with van der Waals surface area (Å²) >= 11 is 7.80. The Hall–Kier alpha value is -3.96. The number of aliphatic hydroxyl groups is 1. The highest BCUT2D eigenvalue weighted by atomic mass is 35.5. The van der Waals surface area contributed by atoms with Crippen LogP contribution in [0, 0.1) is 29.6 Å². The van der Waals surface area contributed by atoms with Gasteiger partial charge in [-0.2, -0.15) is 0 Å². The van der Waals surface area contributed by atoms with E-state index in [4.69, 9.17) is 35.1 Å². The third-order valence-electron chi connectivity index (χ3n) is 12.3. The molecular weight excluding hydrogens is 823 g/mol. The van der Waals surface area contributed by atoms with Crippen molar-refractivity contribution in [1.82, 2.24) is 30.1 Å². The van der Waals surface area contributed by atoms with Crippen LogP contribution in [0.1, 0.15) is 80.4 Å². The second-order valence-electron chi connectivity index (χ2n) is 17.0. The molecule has 16 nitrogen and oxygen atoms in total. The van der Waals surface area contributed by atoms with Crippen molar-refractivity contribution in [3.05, 3.63) is 28.6 Å². The Morgan fingerprint density at radius 1 is 1.15 bits per heavy atom. The minimum absolute atomic E-state index is 0.103. The number of alkyl halides is 1. The molecule has 6 rings (SSSR count). The van der Waals surface area contributed by atoms with Crippen LogP contribution in [-0.4, -0.2) is 128 Å². The zero-order valence-electron chi connectivity index (χ0n) is 35.4. The molecule has 3 N–H and O–H groups in total. The van der Waals surface area contributed by atoms with Gasteiger partial charge in [0.15, 0.2) is 22.2 Å². The minimum atomic E-state index is -3.21. The van der Waals surface area contributed by atoms with Gasteiger partial charge >= 0.3 is 12.0 Å². The Morgan fingerprint density at radius 2 is 1.87 bits per heavy atom. The number of ether oxygens (including phenoxy) is 4. The Labute approximate surface area is 357 Å². The normalized spacial score (nSPS) is 36.9. The van der Waals surface area contributed by atoms with Crippen molar-refractivity contribution in [2.45, 2.75) is 134 Å². The minimum Gasteiger partial charge on any atom is -0.457 e. The largest absolute Gasteiger partial charge is 0.457 e. The fraction of sp³-hybridized carbons (Fsp3) is 0.659. The van der Waals surface area contributed by atoms with Gasteiger partial charge in [-0.05, 0) is 67.0 Å². The van der Waals surface area contributed by atoms with Crippen molar-refractivity contribution >= 4 is 51.5 Å². The van der Waals surface area contributed by atoms with E-state index in [9.17, 15) is 24.3 Å². The molecule has 0 spiro atoms. The summed E-state index contributed by atoms with van der Waals surface area (Å²) in [6.07, 6.45) is -3.22. The summed E-state index contributed by atoms with van der Waals surface area (Å²) in [5, 5.41) is 23.4. The number of thiazole rings is 1. The van der Waals surface area contributed by atoms with E-state index < -0.39 is 95.1 Å². The molecule has 3 aliphatic heterocycles. The maximum Gasteiger partial charge on any atom is 0.351 e. The molecule has 2 amide bonds. The van der Waals surface area contributed by atoms with Crippen molar-refractivity contribution < 1.29 is 52.1 Å². The number of halogens is 2. The molecule has 3 saturated heterocycles. The maximum atomic E-state index is 16.9. The Kier molecular flexibility index (Phi) is 13.2. The molecule has 0 bridgehead atoms. The number of carbonyl (C=O) groups excluding carboxylic acids is 4. The van der Waals surface area contributed by atoms with Crippen LogP contribution in [0.15, 0.2) is 22.2 Å². The van der Waals surface area contributed by atoms with Gasteiger partial charge in [0.25, 0.3) is 5.67 Å². The van der Waals surface area contributed by atoms with Crippen LogP contribution in [0.5, 0.6) is 0 Å². The highest BCUT2D eigenvalue weighted by Crippen LogP contribution is 2.40. The van der Waals surface area contributed by atoms with Gasteiger partial charge in [0.05, 0.1) is 29.4 Å². The second kappa shape index (κ2) is 17.4. The summed E-state index contributed by atoms with van der Waals surface area (Å²) in [6.45, 7) is 12.0. The molecule has 19 heteroatoms.